The minimum atomic E-state index is 0.333. The van der Waals surface area contributed by atoms with E-state index in [2.05, 4.69) is 41.5 Å². The number of fused-ring (bicyclic) bond motifs is 4. The predicted octanol–water partition coefficient (Wildman–Crippen LogP) is 8.58. The molecule has 6 aliphatic rings. The van der Waals surface area contributed by atoms with Gasteiger partial charge in [0.05, 0.1) is 0 Å². The Hall–Kier alpha value is -1.05. The minimum Gasteiger partial charge on any atom is -0.294 e. The molecule has 0 saturated heterocycles. The third-order valence-corrected chi connectivity index (χ3v) is 11.9. The third-order valence-electron chi connectivity index (χ3n) is 11.9. The molecule has 0 spiro atoms. The molecule has 0 heterocycles. The van der Waals surface area contributed by atoms with E-state index < -0.39 is 0 Å². The molecular weight excluding hydrogens is 387 g/mol. The van der Waals surface area contributed by atoms with Crippen LogP contribution < -0.4 is 0 Å². The summed E-state index contributed by atoms with van der Waals surface area (Å²) in [5.74, 6) is 3.99. The smallest absolute Gasteiger partial charge is 0.162 e. The van der Waals surface area contributed by atoms with E-state index >= 15 is 0 Å². The summed E-state index contributed by atoms with van der Waals surface area (Å²) < 4.78 is 0. The van der Waals surface area contributed by atoms with Crippen LogP contribution in [0.15, 0.2) is 30.3 Å². The lowest BCUT2D eigenvalue weighted by atomic mass is 9.14. The summed E-state index contributed by atoms with van der Waals surface area (Å²) in [4.78, 5) is 12.8. The van der Waals surface area contributed by atoms with Gasteiger partial charge in [0.1, 0.15) is 0 Å². The number of ketones is 1. The average molecular weight is 433 g/mol. The van der Waals surface area contributed by atoms with E-state index in [9.17, 15) is 4.79 Å². The molecule has 6 fully saturated rings. The highest BCUT2D eigenvalue weighted by Crippen LogP contribution is 2.74. The molecule has 4 unspecified atom stereocenters. The van der Waals surface area contributed by atoms with E-state index in [0.717, 1.165) is 42.4 Å². The molecule has 174 valence electrons. The van der Waals surface area contributed by atoms with Gasteiger partial charge in [0.15, 0.2) is 12.5 Å². The van der Waals surface area contributed by atoms with Crippen molar-refractivity contribution in [2.45, 2.75) is 110 Å². The maximum absolute atomic E-state index is 12.8. The van der Waals surface area contributed by atoms with Crippen molar-refractivity contribution in [1.29, 1.82) is 0 Å². The van der Waals surface area contributed by atoms with Gasteiger partial charge in [-0.05, 0) is 47.3 Å². The maximum Gasteiger partial charge on any atom is 0.162 e. The van der Waals surface area contributed by atoms with Crippen LogP contribution in [-0.2, 0) is 0 Å². The first-order chi connectivity index (χ1) is 15.0. The molecule has 1 nitrogen and oxygen atoms in total. The second kappa shape index (κ2) is 7.48. The monoisotopic (exact) mass is 432 g/mol. The van der Waals surface area contributed by atoms with Gasteiger partial charge >= 0.3 is 0 Å². The van der Waals surface area contributed by atoms with Gasteiger partial charge in [0.2, 0.25) is 0 Å². The van der Waals surface area contributed by atoms with Gasteiger partial charge in [-0.15, -0.1) is 0 Å². The number of benzene rings is 1. The van der Waals surface area contributed by atoms with Crippen LogP contribution >= 0.6 is 0 Å². The fourth-order valence-corrected chi connectivity index (χ4v) is 9.39. The fraction of sp³-hybridized carbons (Fsp3) is 0.767. The van der Waals surface area contributed by atoms with E-state index in [1.54, 1.807) is 0 Å². The first kappa shape index (κ1) is 22.7. The highest BCUT2D eigenvalue weighted by atomic mass is 16.1. The molecule has 0 N–H and O–H groups in total. The molecule has 0 radical (unpaired) electrons. The average Bonchev–Trinajstić information content (AvgIpc) is 2.76. The molecule has 32 heavy (non-hydrogen) atoms. The van der Waals surface area contributed by atoms with Gasteiger partial charge in [-0.3, -0.25) is 4.79 Å². The van der Waals surface area contributed by atoms with Crippen LogP contribution in [0.2, 0.25) is 16.9 Å². The van der Waals surface area contributed by atoms with Crippen molar-refractivity contribution in [2.75, 3.05) is 0 Å². The zero-order valence-electron chi connectivity index (χ0n) is 21.5. The summed E-state index contributed by atoms with van der Waals surface area (Å²) in [6.07, 6.45) is 11.6. The molecule has 6 aliphatic carbocycles. The number of hydrogen-bond acceptors (Lipinski definition) is 1. The molecule has 7 rings (SSSR count). The Kier molecular flexibility index (Phi) is 5.31. The summed E-state index contributed by atoms with van der Waals surface area (Å²) in [5, 5.41) is 0.920. The molecule has 2 heteroatoms. The van der Waals surface area contributed by atoms with E-state index in [-0.39, 0.29) is 0 Å². The van der Waals surface area contributed by atoms with Gasteiger partial charge in [-0.1, -0.05) is 121 Å². The van der Waals surface area contributed by atoms with Crippen LogP contribution in [0.25, 0.3) is 0 Å². The van der Waals surface area contributed by atoms with Crippen molar-refractivity contribution in [3.63, 3.8) is 0 Å². The zero-order chi connectivity index (χ0) is 22.9. The normalized spacial score (nSPS) is 40.7. The van der Waals surface area contributed by atoms with E-state index in [0.29, 0.717) is 33.7 Å². The Morgan fingerprint density at radius 1 is 0.781 bits per heavy atom. The molecule has 4 atom stereocenters. The Balaban J connectivity index is 1.33. The minimum absolute atomic E-state index is 0.333. The molecule has 4 bridgehead atoms. The number of carbonyl (C=O) groups excluding carboxylic acids is 1. The predicted molar refractivity (Wildman–Crippen MR) is 137 cm³/mol. The highest BCUT2D eigenvalue weighted by Gasteiger charge is 2.64. The lowest BCUT2D eigenvalue weighted by Gasteiger charge is -2.68. The second-order valence-corrected chi connectivity index (χ2v) is 14.3. The van der Waals surface area contributed by atoms with Gasteiger partial charge in [0, 0.05) is 12.0 Å². The molecule has 6 saturated carbocycles. The maximum atomic E-state index is 12.8. The van der Waals surface area contributed by atoms with Gasteiger partial charge in [-0.25, -0.2) is 0 Å². The zero-order valence-corrected chi connectivity index (χ0v) is 21.5. The number of rotatable bonds is 7. The Labute approximate surface area is 197 Å². The topological polar surface area (TPSA) is 17.1 Å². The summed E-state index contributed by atoms with van der Waals surface area (Å²) in [6.45, 7) is 16.2. The molecule has 0 aromatic heterocycles. The van der Waals surface area contributed by atoms with Crippen molar-refractivity contribution in [2.24, 2.45) is 34.5 Å². The van der Waals surface area contributed by atoms with E-state index in [1.165, 1.54) is 44.8 Å². The third kappa shape index (κ3) is 3.45. The lowest BCUT2D eigenvalue weighted by molar-refractivity contribution is -0.0929. The largest absolute Gasteiger partial charge is 0.294 e. The Morgan fingerprint density at radius 2 is 1.22 bits per heavy atom. The first-order valence-corrected chi connectivity index (χ1v) is 13.5. The number of hydrogen-bond donors (Lipinski definition) is 0. The van der Waals surface area contributed by atoms with Crippen molar-refractivity contribution >= 4 is 12.5 Å². The van der Waals surface area contributed by atoms with Crippen LogP contribution in [0, 0.1) is 34.5 Å². The van der Waals surface area contributed by atoms with Crippen LogP contribution in [-0.4, -0.2) is 12.5 Å². The number of Topliss-reactive ketones (excluding diaryl/α,β-unsaturated/α-hetero) is 1. The van der Waals surface area contributed by atoms with Crippen LogP contribution in [0.4, 0.5) is 0 Å². The Morgan fingerprint density at radius 3 is 1.62 bits per heavy atom. The highest BCUT2D eigenvalue weighted by molar-refractivity contribution is 6.65. The Bertz CT molecular complexity index is 796. The second-order valence-electron chi connectivity index (χ2n) is 14.3. The van der Waals surface area contributed by atoms with Crippen LogP contribution in [0.1, 0.15) is 103 Å². The standard InChI is InChI=1S/C30H45BO/c1-27(2)22-15-23(27)18-29(5,17-22)31(14-10-13-26(32)21-11-8-7-9-12-21)30(6)19-24-16-25(20-30)28(24,3)4/h7-9,11-12,22-25H,10,13-20H2,1-6H3. The summed E-state index contributed by atoms with van der Waals surface area (Å²) in [7, 11) is 0. The van der Waals surface area contributed by atoms with E-state index in [4.69, 9.17) is 0 Å². The quantitative estimate of drug-likeness (QED) is 0.311. The molecule has 0 aliphatic heterocycles. The molecule has 0 amide bonds. The van der Waals surface area contributed by atoms with Gasteiger partial charge in [-0.2, -0.15) is 0 Å². The number of carbonyl (C=O) groups is 1. The van der Waals surface area contributed by atoms with Gasteiger partial charge in [0.25, 0.3) is 0 Å². The van der Waals surface area contributed by atoms with Crippen molar-refractivity contribution < 1.29 is 4.79 Å². The van der Waals surface area contributed by atoms with E-state index in [1.807, 2.05) is 30.3 Å². The summed E-state index contributed by atoms with van der Waals surface area (Å²) in [5.41, 5.74) is 2.01. The summed E-state index contributed by atoms with van der Waals surface area (Å²) in [6, 6.07) is 9.94. The molecular formula is C30H45BO. The van der Waals surface area contributed by atoms with Crippen molar-refractivity contribution in [3.05, 3.63) is 35.9 Å². The first-order valence-electron chi connectivity index (χ1n) is 13.5. The van der Waals surface area contributed by atoms with Crippen LogP contribution in [0.3, 0.4) is 0 Å². The SMILES string of the molecule is CC1(B(CCCC(=O)c2ccccc2)C2(C)CC3CC(C2)C3(C)C)CC2CC(C1)C2(C)C. The van der Waals surface area contributed by atoms with Crippen molar-refractivity contribution in [1.82, 2.24) is 0 Å². The van der Waals surface area contributed by atoms with Crippen molar-refractivity contribution in [3.8, 4) is 0 Å². The summed E-state index contributed by atoms with van der Waals surface area (Å²) >= 11 is 0. The molecule has 1 aromatic rings. The van der Waals surface area contributed by atoms with Crippen LogP contribution in [0.5, 0.6) is 0 Å². The molecule has 1 aromatic carbocycles. The fourth-order valence-electron chi connectivity index (χ4n) is 9.39. The van der Waals surface area contributed by atoms with Gasteiger partial charge < -0.3 is 0 Å². The lowest BCUT2D eigenvalue weighted by Crippen LogP contribution is -2.60.